The van der Waals surface area contributed by atoms with Crippen LogP contribution in [0.2, 0.25) is 0 Å². The van der Waals surface area contributed by atoms with Crippen LogP contribution in [0, 0.1) is 5.41 Å². The van der Waals surface area contributed by atoms with Crippen molar-refractivity contribution in [1.29, 1.82) is 0 Å². The third-order valence-electron chi connectivity index (χ3n) is 3.66. The average Bonchev–Trinajstić information content (AvgIpc) is 2.59. The van der Waals surface area contributed by atoms with Gasteiger partial charge >= 0.3 is 5.97 Å². The van der Waals surface area contributed by atoms with E-state index in [0.717, 1.165) is 12.8 Å². The first-order chi connectivity index (χ1) is 8.90. The molecule has 1 atom stereocenters. The summed E-state index contributed by atoms with van der Waals surface area (Å²) in [5.74, 6) is -0.690. The molecular weight excluding hydrogens is 248 g/mol. The molecule has 0 radical (unpaired) electrons. The van der Waals surface area contributed by atoms with Gasteiger partial charge in [0.05, 0.1) is 13.2 Å². The van der Waals surface area contributed by atoms with Crippen molar-refractivity contribution in [2.75, 3.05) is 19.7 Å². The molecule has 2 saturated heterocycles. The summed E-state index contributed by atoms with van der Waals surface area (Å²) in [6, 6.07) is -0.625. The van der Waals surface area contributed by atoms with Gasteiger partial charge in [0.25, 0.3) is 0 Å². The van der Waals surface area contributed by atoms with Gasteiger partial charge in [-0.05, 0) is 12.8 Å². The van der Waals surface area contributed by atoms with Gasteiger partial charge in [0.15, 0.2) is 0 Å². The Hall–Kier alpha value is -1.59. The highest BCUT2D eigenvalue weighted by atomic mass is 16.5. The Kier molecular flexibility index (Phi) is 3.78. The second-order valence-electron chi connectivity index (χ2n) is 5.87. The van der Waals surface area contributed by atoms with Crippen LogP contribution in [0.1, 0.15) is 33.1 Å². The maximum atomic E-state index is 11.9. The molecule has 19 heavy (non-hydrogen) atoms. The Balaban J connectivity index is 1.90. The van der Waals surface area contributed by atoms with Crippen molar-refractivity contribution in [2.45, 2.75) is 39.2 Å². The Labute approximate surface area is 112 Å². The minimum Gasteiger partial charge on any atom is -0.463 e. The van der Waals surface area contributed by atoms with Crippen LogP contribution in [-0.4, -0.2) is 48.4 Å². The molecule has 0 aromatic heterocycles. The van der Waals surface area contributed by atoms with Gasteiger partial charge in [-0.2, -0.15) is 0 Å². The van der Waals surface area contributed by atoms with Crippen molar-refractivity contribution in [3.63, 3.8) is 0 Å². The molecule has 2 amide bonds. The van der Waals surface area contributed by atoms with Crippen LogP contribution >= 0.6 is 0 Å². The maximum Gasteiger partial charge on any atom is 0.329 e. The molecule has 6 nitrogen and oxygen atoms in total. The van der Waals surface area contributed by atoms with E-state index in [2.05, 4.69) is 5.32 Å². The maximum absolute atomic E-state index is 11.9. The minimum atomic E-state index is -0.625. The predicted octanol–water partition coefficient (Wildman–Crippen LogP) is 0.0667. The molecule has 1 N–H and O–H groups in total. The second-order valence-corrected chi connectivity index (χ2v) is 5.87. The molecule has 0 spiro atoms. The van der Waals surface area contributed by atoms with Crippen LogP contribution in [0.15, 0.2) is 0 Å². The van der Waals surface area contributed by atoms with Crippen LogP contribution in [0.3, 0.4) is 0 Å². The summed E-state index contributed by atoms with van der Waals surface area (Å²) in [6.45, 7) is 4.69. The molecule has 2 rings (SSSR count). The fraction of sp³-hybridized carbons (Fsp3) is 0.769. The van der Waals surface area contributed by atoms with Crippen LogP contribution < -0.4 is 5.32 Å². The van der Waals surface area contributed by atoms with Gasteiger partial charge < -0.3 is 15.0 Å². The Morgan fingerprint density at radius 1 is 1.42 bits per heavy atom. The van der Waals surface area contributed by atoms with Crippen molar-refractivity contribution in [3.8, 4) is 0 Å². The zero-order valence-electron chi connectivity index (χ0n) is 11.4. The number of amides is 2. The van der Waals surface area contributed by atoms with E-state index in [9.17, 15) is 14.4 Å². The first-order valence-electron chi connectivity index (χ1n) is 6.64. The van der Waals surface area contributed by atoms with Crippen LogP contribution in [-0.2, 0) is 19.1 Å². The number of carbonyl (C=O) groups is 3. The Morgan fingerprint density at radius 3 is 2.74 bits per heavy atom. The van der Waals surface area contributed by atoms with E-state index >= 15 is 0 Å². The molecule has 0 bridgehead atoms. The topological polar surface area (TPSA) is 75.7 Å². The van der Waals surface area contributed by atoms with Gasteiger partial charge in [-0.15, -0.1) is 0 Å². The first kappa shape index (κ1) is 13.8. The standard InChI is InChI=1S/C13H20N2O4/c1-13(2)8-19-12(18)11(13)14-9(16)7-15-6-4-3-5-10(15)17/h11H,3-8H2,1-2H3,(H,14,16). The average molecular weight is 268 g/mol. The van der Waals surface area contributed by atoms with Gasteiger partial charge in [0.1, 0.15) is 6.04 Å². The van der Waals surface area contributed by atoms with E-state index in [0.29, 0.717) is 19.6 Å². The molecule has 2 fully saturated rings. The molecule has 0 aromatic rings. The molecule has 0 aromatic carbocycles. The lowest BCUT2D eigenvalue weighted by Gasteiger charge is -2.28. The normalized spacial score (nSPS) is 26.2. The van der Waals surface area contributed by atoms with Gasteiger partial charge in [-0.1, -0.05) is 13.8 Å². The SMILES string of the molecule is CC1(C)COC(=O)C1NC(=O)CN1CCCCC1=O. The number of piperidine rings is 1. The third-order valence-corrected chi connectivity index (χ3v) is 3.66. The smallest absolute Gasteiger partial charge is 0.329 e. The predicted molar refractivity (Wildman–Crippen MR) is 67.1 cm³/mol. The molecule has 0 aliphatic carbocycles. The molecule has 0 saturated carbocycles. The summed E-state index contributed by atoms with van der Waals surface area (Å²) in [6.07, 6.45) is 2.32. The zero-order valence-corrected chi connectivity index (χ0v) is 11.4. The largest absolute Gasteiger partial charge is 0.463 e. The quantitative estimate of drug-likeness (QED) is 0.735. The highest BCUT2D eigenvalue weighted by Gasteiger charge is 2.44. The number of cyclic esters (lactones) is 1. The number of rotatable bonds is 3. The van der Waals surface area contributed by atoms with Crippen molar-refractivity contribution < 1.29 is 19.1 Å². The lowest BCUT2D eigenvalue weighted by molar-refractivity contribution is -0.142. The molecule has 106 valence electrons. The van der Waals surface area contributed by atoms with E-state index in [1.807, 2.05) is 13.8 Å². The number of ether oxygens (including phenoxy) is 1. The number of hydrogen-bond acceptors (Lipinski definition) is 4. The number of hydrogen-bond donors (Lipinski definition) is 1. The van der Waals surface area contributed by atoms with E-state index < -0.39 is 17.4 Å². The molecule has 2 aliphatic rings. The highest BCUT2D eigenvalue weighted by Crippen LogP contribution is 2.28. The lowest BCUT2D eigenvalue weighted by Crippen LogP contribution is -2.50. The van der Waals surface area contributed by atoms with E-state index in [1.54, 1.807) is 4.90 Å². The zero-order chi connectivity index (χ0) is 14.0. The summed E-state index contributed by atoms with van der Waals surface area (Å²) in [5.41, 5.74) is -0.404. The van der Waals surface area contributed by atoms with Crippen molar-refractivity contribution >= 4 is 17.8 Å². The Morgan fingerprint density at radius 2 is 2.16 bits per heavy atom. The van der Waals surface area contributed by atoms with E-state index in [-0.39, 0.29) is 18.4 Å². The highest BCUT2D eigenvalue weighted by molar-refractivity contribution is 5.89. The molecule has 2 aliphatic heterocycles. The minimum absolute atomic E-state index is 0.00894. The Bertz CT molecular complexity index is 405. The van der Waals surface area contributed by atoms with Crippen molar-refractivity contribution in [2.24, 2.45) is 5.41 Å². The summed E-state index contributed by atoms with van der Waals surface area (Å²) < 4.78 is 4.96. The molecule has 6 heteroatoms. The van der Waals surface area contributed by atoms with Crippen LogP contribution in [0.25, 0.3) is 0 Å². The number of esters is 1. The summed E-state index contributed by atoms with van der Waals surface area (Å²) in [4.78, 5) is 36.7. The van der Waals surface area contributed by atoms with Crippen LogP contribution in [0.5, 0.6) is 0 Å². The van der Waals surface area contributed by atoms with Gasteiger partial charge in [-0.3, -0.25) is 9.59 Å². The van der Waals surface area contributed by atoms with Gasteiger partial charge in [0.2, 0.25) is 11.8 Å². The number of nitrogens with one attached hydrogen (secondary N) is 1. The fourth-order valence-electron chi connectivity index (χ4n) is 2.41. The van der Waals surface area contributed by atoms with E-state index in [1.165, 1.54) is 0 Å². The fourth-order valence-corrected chi connectivity index (χ4v) is 2.41. The van der Waals surface area contributed by atoms with Gasteiger partial charge in [-0.25, -0.2) is 4.79 Å². The van der Waals surface area contributed by atoms with Crippen molar-refractivity contribution in [1.82, 2.24) is 10.2 Å². The van der Waals surface area contributed by atoms with E-state index in [4.69, 9.17) is 4.74 Å². The second kappa shape index (κ2) is 5.19. The summed E-state index contributed by atoms with van der Waals surface area (Å²) >= 11 is 0. The summed E-state index contributed by atoms with van der Waals surface area (Å²) in [7, 11) is 0. The third kappa shape index (κ3) is 3.05. The molecular formula is C13H20N2O4. The van der Waals surface area contributed by atoms with Crippen molar-refractivity contribution in [3.05, 3.63) is 0 Å². The lowest BCUT2D eigenvalue weighted by atomic mass is 9.87. The number of nitrogens with zero attached hydrogens (tertiary/aromatic N) is 1. The monoisotopic (exact) mass is 268 g/mol. The van der Waals surface area contributed by atoms with Crippen LogP contribution in [0.4, 0.5) is 0 Å². The summed E-state index contributed by atoms with van der Waals surface area (Å²) in [5, 5.41) is 2.68. The number of likely N-dealkylation sites (tertiary alicyclic amines) is 1. The first-order valence-corrected chi connectivity index (χ1v) is 6.64. The van der Waals surface area contributed by atoms with Gasteiger partial charge in [0, 0.05) is 18.4 Å². The molecule has 1 unspecified atom stereocenters. The molecule has 2 heterocycles. The number of carbonyl (C=O) groups excluding carboxylic acids is 3.